The average molecular weight is 669 g/mol. The van der Waals surface area contributed by atoms with Gasteiger partial charge in [0.2, 0.25) is 0 Å². The van der Waals surface area contributed by atoms with Gasteiger partial charge in [-0.25, -0.2) is 9.59 Å². The first-order valence-corrected chi connectivity index (χ1v) is 17.6. The van der Waals surface area contributed by atoms with Gasteiger partial charge in [-0.15, -0.1) is 0 Å². The Morgan fingerprint density at radius 1 is 0.627 bits per heavy atom. The summed E-state index contributed by atoms with van der Waals surface area (Å²) in [6, 6.07) is 38.2. The van der Waals surface area contributed by atoms with Crippen LogP contribution in [-0.2, 0) is 30.3 Å². The number of rotatable bonds is 7. The molecule has 0 aromatic heterocycles. The van der Waals surface area contributed by atoms with Crippen molar-refractivity contribution in [2.75, 3.05) is 0 Å². The Labute approximate surface area is 299 Å². The Morgan fingerprint density at radius 3 is 2.04 bits per heavy atom. The topological polar surface area (TPSA) is 52.6 Å². The molecule has 51 heavy (non-hydrogen) atoms. The number of hydrogen-bond donors (Lipinski definition) is 0. The third kappa shape index (κ3) is 4.52. The zero-order valence-electron chi connectivity index (χ0n) is 29.7. The van der Waals surface area contributed by atoms with E-state index in [2.05, 4.69) is 119 Å². The Kier molecular flexibility index (Phi) is 7.43. The molecule has 0 radical (unpaired) electrons. The summed E-state index contributed by atoms with van der Waals surface area (Å²) >= 11 is 0. The summed E-state index contributed by atoms with van der Waals surface area (Å²) in [5.74, 6) is -0.860. The van der Waals surface area contributed by atoms with Crippen LogP contribution in [-0.4, -0.2) is 11.9 Å². The van der Waals surface area contributed by atoms with Gasteiger partial charge in [-0.1, -0.05) is 137 Å². The van der Waals surface area contributed by atoms with Crippen molar-refractivity contribution in [3.05, 3.63) is 156 Å². The number of carbonyl (C=O) groups excluding carboxylic acids is 2. The largest absolute Gasteiger partial charge is 0.446 e. The summed E-state index contributed by atoms with van der Waals surface area (Å²) in [7, 11) is 0. The van der Waals surface area contributed by atoms with Crippen molar-refractivity contribution >= 4 is 33.5 Å². The van der Waals surface area contributed by atoms with Gasteiger partial charge in [0.15, 0.2) is 11.2 Å². The second kappa shape index (κ2) is 11.7. The summed E-state index contributed by atoms with van der Waals surface area (Å²) in [6.07, 6.45) is 0.591. The highest BCUT2D eigenvalue weighted by Crippen LogP contribution is 2.58. The first-order chi connectivity index (χ1) is 24.5. The van der Waals surface area contributed by atoms with E-state index >= 15 is 0 Å². The molecule has 0 N–H and O–H groups in total. The smallest absolute Gasteiger partial charge is 0.334 e. The minimum absolute atomic E-state index is 0.0597. The summed E-state index contributed by atoms with van der Waals surface area (Å²) in [4.78, 5) is 26.5. The summed E-state index contributed by atoms with van der Waals surface area (Å²) in [5.41, 5.74) is 9.24. The SMILES string of the molecule is C=C(C)C(=O)OC1(CC)c2ccccc2-c2c1ccc1c(-c3ccc4c(c3)-c3ccc5ccccc5c3C4(OC(=O)C(=C)C)C(C)C)cccc21. The van der Waals surface area contributed by atoms with Crippen molar-refractivity contribution in [3.8, 4) is 33.4 Å². The number of fused-ring (bicyclic) bond motifs is 10. The van der Waals surface area contributed by atoms with E-state index in [-0.39, 0.29) is 5.92 Å². The van der Waals surface area contributed by atoms with Crippen LogP contribution in [0.4, 0.5) is 0 Å². The summed E-state index contributed by atoms with van der Waals surface area (Å²) < 4.78 is 12.9. The first-order valence-electron chi connectivity index (χ1n) is 17.6. The Morgan fingerprint density at radius 2 is 1.29 bits per heavy atom. The van der Waals surface area contributed by atoms with E-state index < -0.39 is 23.1 Å². The maximum Gasteiger partial charge on any atom is 0.334 e. The van der Waals surface area contributed by atoms with E-state index in [0.29, 0.717) is 17.6 Å². The van der Waals surface area contributed by atoms with Gasteiger partial charge in [0.1, 0.15) is 0 Å². The van der Waals surface area contributed by atoms with Crippen molar-refractivity contribution in [2.45, 2.75) is 52.2 Å². The van der Waals surface area contributed by atoms with Crippen LogP contribution in [0.2, 0.25) is 0 Å². The van der Waals surface area contributed by atoms with E-state index in [1.54, 1.807) is 13.8 Å². The molecule has 2 aliphatic carbocycles. The second-order valence-corrected chi connectivity index (χ2v) is 14.3. The number of ether oxygens (including phenoxy) is 2. The third-order valence-corrected chi connectivity index (χ3v) is 11.0. The second-order valence-electron chi connectivity index (χ2n) is 14.3. The van der Waals surface area contributed by atoms with Crippen LogP contribution in [0.25, 0.3) is 54.9 Å². The Bertz CT molecular complexity index is 2500. The van der Waals surface area contributed by atoms with E-state index in [1.165, 1.54) is 0 Å². The fraction of sp³-hybridized carbons (Fsp3) is 0.191. The van der Waals surface area contributed by atoms with Gasteiger partial charge < -0.3 is 9.47 Å². The molecule has 6 aromatic rings. The molecular formula is C47H40O4. The molecule has 4 heteroatoms. The zero-order valence-corrected chi connectivity index (χ0v) is 29.7. The van der Waals surface area contributed by atoms with Crippen molar-refractivity contribution in [3.63, 3.8) is 0 Å². The molecule has 2 atom stereocenters. The molecule has 4 nitrogen and oxygen atoms in total. The van der Waals surface area contributed by atoms with Gasteiger partial charge in [-0.2, -0.15) is 0 Å². The molecule has 0 amide bonds. The van der Waals surface area contributed by atoms with Crippen LogP contribution in [0.15, 0.2) is 133 Å². The quantitative estimate of drug-likeness (QED) is 0.125. The van der Waals surface area contributed by atoms with E-state index in [4.69, 9.17) is 9.47 Å². The number of carbonyl (C=O) groups is 2. The maximum atomic E-state index is 13.4. The van der Waals surface area contributed by atoms with E-state index in [0.717, 1.165) is 77.2 Å². The summed E-state index contributed by atoms with van der Waals surface area (Å²) in [5, 5.41) is 4.37. The highest BCUT2D eigenvalue weighted by atomic mass is 16.6. The minimum Gasteiger partial charge on any atom is -0.446 e. The van der Waals surface area contributed by atoms with Gasteiger partial charge in [0.25, 0.3) is 0 Å². The first kappa shape index (κ1) is 32.5. The molecule has 0 heterocycles. The molecule has 8 rings (SSSR count). The van der Waals surface area contributed by atoms with Crippen molar-refractivity contribution in [1.29, 1.82) is 0 Å². The molecule has 252 valence electrons. The Hall–Kier alpha value is -5.74. The van der Waals surface area contributed by atoms with Crippen molar-refractivity contribution in [1.82, 2.24) is 0 Å². The molecule has 0 saturated heterocycles. The number of hydrogen-bond acceptors (Lipinski definition) is 4. The molecule has 0 bridgehead atoms. The fourth-order valence-corrected chi connectivity index (χ4v) is 8.59. The van der Waals surface area contributed by atoms with Crippen LogP contribution in [0, 0.1) is 5.92 Å². The molecule has 0 aliphatic heterocycles. The van der Waals surface area contributed by atoms with Crippen molar-refractivity contribution < 1.29 is 19.1 Å². The number of esters is 2. The van der Waals surface area contributed by atoms with Crippen molar-refractivity contribution in [2.24, 2.45) is 5.92 Å². The third-order valence-electron chi connectivity index (χ3n) is 11.0. The lowest BCUT2D eigenvalue weighted by atomic mass is 9.79. The molecule has 2 aliphatic rings. The lowest BCUT2D eigenvalue weighted by Crippen LogP contribution is -2.37. The average Bonchev–Trinajstić information content (AvgIpc) is 3.59. The lowest BCUT2D eigenvalue weighted by Gasteiger charge is -2.36. The summed E-state index contributed by atoms with van der Waals surface area (Å²) in [6.45, 7) is 17.5. The molecule has 2 unspecified atom stereocenters. The van der Waals surface area contributed by atoms with E-state index in [9.17, 15) is 9.59 Å². The highest BCUT2D eigenvalue weighted by molar-refractivity contribution is 6.09. The van der Waals surface area contributed by atoms with Gasteiger partial charge in [-0.05, 0) is 81.3 Å². The predicted molar refractivity (Wildman–Crippen MR) is 206 cm³/mol. The van der Waals surface area contributed by atoms with Gasteiger partial charge in [0, 0.05) is 39.3 Å². The standard InChI is InChI=1S/C47H40O4/c1-8-46(50-44(48)27(2)3)39-19-12-11-16-37(39)42-35-18-13-17-32(34(35)23-25-41(42)46)31-21-24-40-38(26-31)36-22-20-30-14-9-10-15-33(30)43(36)47(40,29(6)7)51-45(49)28(4)5/h9-26,29H,2,4,8H2,1,3,5-7H3. The predicted octanol–water partition coefficient (Wildman–Crippen LogP) is 11.4. The van der Waals surface area contributed by atoms with Gasteiger partial charge >= 0.3 is 11.9 Å². The molecular weight excluding hydrogens is 629 g/mol. The fourth-order valence-electron chi connectivity index (χ4n) is 8.59. The van der Waals surface area contributed by atoms with Crippen LogP contribution in [0.1, 0.15) is 63.3 Å². The molecule has 6 aromatic carbocycles. The van der Waals surface area contributed by atoms with Crippen LogP contribution in [0.3, 0.4) is 0 Å². The molecule has 0 saturated carbocycles. The van der Waals surface area contributed by atoms with E-state index in [1.807, 2.05) is 24.3 Å². The molecule has 0 fully saturated rings. The highest BCUT2D eigenvalue weighted by Gasteiger charge is 2.50. The van der Waals surface area contributed by atoms with Crippen LogP contribution >= 0.6 is 0 Å². The normalized spacial score (nSPS) is 18.2. The lowest BCUT2D eigenvalue weighted by molar-refractivity contribution is -0.155. The Balaban J connectivity index is 1.36. The van der Waals surface area contributed by atoms with Gasteiger partial charge in [0.05, 0.1) is 0 Å². The molecule has 0 spiro atoms. The maximum absolute atomic E-state index is 13.4. The zero-order chi connectivity index (χ0) is 35.8. The number of benzene rings is 6. The minimum atomic E-state index is -0.992. The van der Waals surface area contributed by atoms with Crippen LogP contribution < -0.4 is 0 Å². The van der Waals surface area contributed by atoms with Crippen LogP contribution in [0.5, 0.6) is 0 Å². The monoisotopic (exact) mass is 668 g/mol. The van der Waals surface area contributed by atoms with Gasteiger partial charge in [-0.3, -0.25) is 0 Å².